The summed E-state index contributed by atoms with van der Waals surface area (Å²) in [4.78, 5) is 15.7. The van der Waals surface area contributed by atoms with E-state index in [9.17, 15) is 4.79 Å². The van der Waals surface area contributed by atoms with Crippen LogP contribution in [0.3, 0.4) is 0 Å². The molecule has 1 atom stereocenters. The molecule has 0 unspecified atom stereocenters. The third kappa shape index (κ3) is 3.47. The van der Waals surface area contributed by atoms with Gasteiger partial charge >= 0.3 is 0 Å². The number of carbonyl (C=O) groups is 1. The van der Waals surface area contributed by atoms with Crippen LogP contribution in [0.15, 0.2) is 53.4 Å². The van der Waals surface area contributed by atoms with Gasteiger partial charge in [0.15, 0.2) is 0 Å². The molecule has 0 aliphatic carbocycles. The van der Waals surface area contributed by atoms with Gasteiger partial charge in [0.05, 0.1) is 5.25 Å². The van der Waals surface area contributed by atoms with Gasteiger partial charge < -0.3 is 4.90 Å². The van der Waals surface area contributed by atoms with E-state index < -0.39 is 0 Å². The first-order valence-electron chi connectivity index (χ1n) is 7.41. The molecule has 0 radical (unpaired) electrons. The Morgan fingerprint density at radius 2 is 1.82 bits per heavy atom. The minimum atomic E-state index is -0.0913. The maximum Gasteiger partial charge on any atom is 0.236 e. The highest BCUT2D eigenvalue weighted by Gasteiger charge is 2.25. The second-order valence-electron chi connectivity index (χ2n) is 5.49. The molecule has 1 aliphatic rings. The second kappa shape index (κ2) is 6.76. The molecule has 1 amide bonds. The lowest BCUT2D eigenvalue weighted by molar-refractivity contribution is -0.131. The maximum atomic E-state index is 12.7. The molecule has 0 fully saturated rings. The van der Waals surface area contributed by atoms with Gasteiger partial charge in [-0.2, -0.15) is 0 Å². The van der Waals surface area contributed by atoms with Gasteiger partial charge in [-0.1, -0.05) is 35.9 Å². The predicted molar refractivity (Wildman–Crippen MR) is 92.3 cm³/mol. The van der Waals surface area contributed by atoms with Crippen molar-refractivity contribution in [3.8, 4) is 0 Å². The summed E-state index contributed by atoms with van der Waals surface area (Å²) in [5.41, 5.74) is 2.63. The first-order valence-corrected chi connectivity index (χ1v) is 8.67. The first kappa shape index (κ1) is 15.4. The summed E-state index contributed by atoms with van der Waals surface area (Å²) in [6, 6.07) is 16.0. The molecule has 3 rings (SSSR count). The number of rotatable bonds is 3. The molecule has 0 aromatic heterocycles. The molecule has 114 valence electrons. The maximum absolute atomic E-state index is 12.7. The number of hydrogen-bond donors (Lipinski definition) is 0. The molecule has 2 aromatic rings. The van der Waals surface area contributed by atoms with Crippen LogP contribution in [0, 0.1) is 0 Å². The van der Waals surface area contributed by atoms with Crippen molar-refractivity contribution in [1.82, 2.24) is 4.90 Å². The highest BCUT2D eigenvalue weighted by atomic mass is 35.5. The average Bonchev–Trinajstić information content (AvgIpc) is 2.55. The van der Waals surface area contributed by atoms with E-state index in [0.717, 1.165) is 29.4 Å². The van der Waals surface area contributed by atoms with E-state index in [-0.39, 0.29) is 11.2 Å². The Hall–Kier alpha value is -1.45. The Morgan fingerprint density at radius 3 is 2.55 bits per heavy atom. The van der Waals surface area contributed by atoms with E-state index in [1.165, 1.54) is 11.1 Å². The third-order valence-electron chi connectivity index (χ3n) is 3.92. The number of hydrogen-bond acceptors (Lipinski definition) is 2. The fraction of sp³-hybridized carbons (Fsp3) is 0.278. The molecular formula is C18H18ClNOS. The lowest BCUT2D eigenvalue weighted by Gasteiger charge is -2.30. The molecular weight excluding hydrogens is 314 g/mol. The minimum Gasteiger partial charge on any atom is -0.337 e. The molecule has 2 aromatic carbocycles. The van der Waals surface area contributed by atoms with Gasteiger partial charge in [-0.15, -0.1) is 11.8 Å². The Balaban J connectivity index is 1.65. The predicted octanol–water partition coefficient (Wildman–Crippen LogP) is 4.41. The van der Waals surface area contributed by atoms with E-state index in [1.54, 1.807) is 11.8 Å². The normalized spacial score (nSPS) is 15.3. The van der Waals surface area contributed by atoms with Crippen LogP contribution >= 0.6 is 23.4 Å². The van der Waals surface area contributed by atoms with E-state index >= 15 is 0 Å². The Bertz CT molecular complexity index is 671. The fourth-order valence-corrected chi connectivity index (χ4v) is 3.79. The number of fused-ring (bicyclic) bond motifs is 1. The van der Waals surface area contributed by atoms with Crippen molar-refractivity contribution in [2.75, 3.05) is 6.54 Å². The van der Waals surface area contributed by atoms with Gasteiger partial charge in [0.25, 0.3) is 0 Å². The zero-order valence-corrected chi connectivity index (χ0v) is 14.0. The summed E-state index contributed by atoms with van der Waals surface area (Å²) in [6.07, 6.45) is 0.945. The van der Waals surface area contributed by atoms with Crippen LogP contribution in [0.25, 0.3) is 0 Å². The first-order chi connectivity index (χ1) is 10.6. The van der Waals surface area contributed by atoms with E-state index in [2.05, 4.69) is 18.2 Å². The van der Waals surface area contributed by atoms with Gasteiger partial charge in [0.1, 0.15) is 0 Å². The summed E-state index contributed by atoms with van der Waals surface area (Å²) in [5, 5.41) is 0.627. The largest absolute Gasteiger partial charge is 0.337 e. The van der Waals surface area contributed by atoms with Crippen LogP contribution in [-0.4, -0.2) is 22.6 Å². The number of nitrogens with zero attached hydrogens (tertiary/aromatic N) is 1. The van der Waals surface area contributed by atoms with E-state index in [1.807, 2.05) is 42.2 Å². The van der Waals surface area contributed by atoms with Crippen LogP contribution < -0.4 is 0 Å². The van der Waals surface area contributed by atoms with Gasteiger partial charge in [0.2, 0.25) is 5.91 Å². The standard InChI is InChI=1S/C18H18ClNOS/c1-13(22-17-8-6-16(19)7-9-17)18(21)20-11-10-14-4-2-3-5-15(14)12-20/h2-9,13H,10-12H2,1H3/t13-/m0/s1. The average molecular weight is 332 g/mol. The Labute approximate surface area is 140 Å². The summed E-state index contributed by atoms with van der Waals surface area (Å²) in [7, 11) is 0. The third-order valence-corrected chi connectivity index (χ3v) is 5.27. The smallest absolute Gasteiger partial charge is 0.236 e. The summed E-state index contributed by atoms with van der Waals surface area (Å²) in [5.74, 6) is 0.203. The second-order valence-corrected chi connectivity index (χ2v) is 7.34. The number of thioether (sulfide) groups is 1. The number of benzene rings is 2. The minimum absolute atomic E-state index is 0.0913. The molecule has 0 saturated carbocycles. The molecule has 0 bridgehead atoms. The zero-order chi connectivity index (χ0) is 15.5. The van der Waals surface area contributed by atoms with Crippen LogP contribution in [0.5, 0.6) is 0 Å². The van der Waals surface area contributed by atoms with Gasteiger partial charge in [0, 0.05) is 23.0 Å². The van der Waals surface area contributed by atoms with Gasteiger partial charge in [-0.3, -0.25) is 4.79 Å². The Morgan fingerprint density at radius 1 is 1.14 bits per heavy atom. The van der Waals surface area contributed by atoms with Crippen molar-refractivity contribution in [2.24, 2.45) is 0 Å². The van der Waals surface area contributed by atoms with Crippen LogP contribution in [0.2, 0.25) is 5.02 Å². The molecule has 0 N–H and O–H groups in total. The fourth-order valence-electron chi connectivity index (χ4n) is 2.71. The highest BCUT2D eigenvalue weighted by Crippen LogP contribution is 2.27. The van der Waals surface area contributed by atoms with Crippen molar-refractivity contribution in [3.05, 3.63) is 64.7 Å². The Kier molecular flexibility index (Phi) is 4.74. The van der Waals surface area contributed by atoms with Crippen molar-refractivity contribution in [3.63, 3.8) is 0 Å². The van der Waals surface area contributed by atoms with Crippen molar-refractivity contribution >= 4 is 29.3 Å². The van der Waals surface area contributed by atoms with Gasteiger partial charge in [-0.05, 0) is 48.7 Å². The summed E-state index contributed by atoms with van der Waals surface area (Å²) >= 11 is 7.48. The van der Waals surface area contributed by atoms with Gasteiger partial charge in [-0.25, -0.2) is 0 Å². The summed E-state index contributed by atoms with van der Waals surface area (Å²) in [6.45, 7) is 3.50. The lowest BCUT2D eigenvalue weighted by atomic mass is 10.00. The topological polar surface area (TPSA) is 20.3 Å². The zero-order valence-electron chi connectivity index (χ0n) is 12.5. The van der Waals surface area contributed by atoms with Crippen molar-refractivity contribution in [1.29, 1.82) is 0 Å². The van der Waals surface area contributed by atoms with E-state index in [0.29, 0.717) is 0 Å². The quantitative estimate of drug-likeness (QED) is 0.777. The highest BCUT2D eigenvalue weighted by molar-refractivity contribution is 8.00. The molecule has 4 heteroatoms. The van der Waals surface area contributed by atoms with Crippen LogP contribution in [0.4, 0.5) is 0 Å². The molecule has 2 nitrogen and oxygen atoms in total. The molecule has 1 aliphatic heterocycles. The van der Waals surface area contributed by atoms with Crippen molar-refractivity contribution in [2.45, 2.75) is 30.0 Å². The molecule has 0 saturated heterocycles. The molecule has 1 heterocycles. The lowest BCUT2D eigenvalue weighted by Crippen LogP contribution is -2.40. The van der Waals surface area contributed by atoms with Crippen LogP contribution in [0.1, 0.15) is 18.1 Å². The van der Waals surface area contributed by atoms with Crippen LogP contribution in [-0.2, 0) is 17.8 Å². The monoisotopic (exact) mass is 331 g/mol. The number of carbonyl (C=O) groups excluding carboxylic acids is 1. The SMILES string of the molecule is C[C@H](Sc1ccc(Cl)cc1)C(=O)N1CCc2ccccc2C1. The molecule has 22 heavy (non-hydrogen) atoms. The van der Waals surface area contributed by atoms with E-state index in [4.69, 9.17) is 11.6 Å². The molecule has 0 spiro atoms. The van der Waals surface area contributed by atoms with Crippen molar-refractivity contribution < 1.29 is 4.79 Å². The summed E-state index contributed by atoms with van der Waals surface area (Å²) < 4.78 is 0. The number of amides is 1. The number of halogens is 1.